The van der Waals surface area contributed by atoms with Crippen molar-refractivity contribution in [2.75, 3.05) is 41.0 Å². The molecular formula is C45H86NO7+. The molecule has 8 heteroatoms. The highest BCUT2D eigenvalue weighted by atomic mass is 16.6. The molecule has 0 aromatic rings. The lowest BCUT2D eigenvalue weighted by Crippen LogP contribution is -2.50. The van der Waals surface area contributed by atoms with E-state index in [1.807, 2.05) is 21.1 Å². The Morgan fingerprint density at radius 2 is 0.943 bits per heavy atom. The van der Waals surface area contributed by atoms with Gasteiger partial charge in [-0.3, -0.25) is 9.59 Å². The number of aliphatic carboxylic acids is 1. The van der Waals surface area contributed by atoms with Crippen LogP contribution in [0.15, 0.2) is 12.2 Å². The lowest BCUT2D eigenvalue weighted by Gasteiger charge is -2.31. The van der Waals surface area contributed by atoms with E-state index in [0.29, 0.717) is 19.3 Å². The lowest BCUT2D eigenvalue weighted by molar-refractivity contribution is -0.887. The molecule has 2 unspecified atom stereocenters. The van der Waals surface area contributed by atoms with E-state index in [9.17, 15) is 19.5 Å². The maximum Gasteiger partial charge on any atom is 0.362 e. The van der Waals surface area contributed by atoms with Crippen molar-refractivity contribution in [1.82, 2.24) is 0 Å². The van der Waals surface area contributed by atoms with E-state index < -0.39 is 18.1 Å². The molecule has 0 fully saturated rings. The van der Waals surface area contributed by atoms with Gasteiger partial charge in [-0.15, -0.1) is 0 Å². The number of carbonyl (C=O) groups excluding carboxylic acids is 2. The fraction of sp³-hybridized carbons (Fsp3) is 0.889. The maximum atomic E-state index is 12.7. The predicted octanol–water partition coefficient (Wildman–Crippen LogP) is 11.9. The number of carbonyl (C=O) groups is 3. The first-order chi connectivity index (χ1) is 25.6. The zero-order valence-electron chi connectivity index (χ0n) is 35.5. The number of hydrogen-bond donors (Lipinski definition) is 1. The molecule has 0 aliphatic heterocycles. The normalized spacial score (nSPS) is 13.0. The van der Waals surface area contributed by atoms with Crippen LogP contribution in [0.1, 0.15) is 206 Å². The zero-order chi connectivity index (χ0) is 39.3. The molecule has 2 atom stereocenters. The Kier molecular flexibility index (Phi) is 35.7. The van der Waals surface area contributed by atoms with Crippen molar-refractivity contribution in [3.63, 3.8) is 0 Å². The van der Waals surface area contributed by atoms with Gasteiger partial charge in [-0.25, -0.2) is 4.79 Å². The number of likely N-dealkylation sites (N-methyl/N-ethyl adjacent to an activating group) is 1. The summed E-state index contributed by atoms with van der Waals surface area (Å²) in [5.74, 6) is -1.47. The van der Waals surface area contributed by atoms with Crippen molar-refractivity contribution in [3.8, 4) is 0 Å². The molecule has 8 nitrogen and oxygen atoms in total. The summed E-state index contributed by atoms with van der Waals surface area (Å²) in [5.41, 5.74) is 0. The molecule has 0 saturated heterocycles. The topological polar surface area (TPSA) is 99.1 Å². The quantitative estimate of drug-likeness (QED) is 0.0288. The third-order valence-electron chi connectivity index (χ3n) is 10.2. The van der Waals surface area contributed by atoms with Gasteiger partial charge in [0.1, 0.15) is 6.61 Å². The third-order valence-corrected chi connectivity index (χ3v) is 10.2. The molecule has 0 spiro atoms. The van der Waals surface area contributed by atoms with Crippen LogP contribution in [0.2, 0.25) is 0 Å². The number of allylic oxidation sites excluding steroid dienone is 2. The Balaban J connectivity index is 4.28. The summed E-state index contributed by atoms with van der Waals surface area (Å²) in [7, 11) is 5.53. The minimum absolute atomic E-state index is 0.0484. The van der Waals surface area contributed by atoms with Crippen LogP contribution in [-0.4, -0.2) is 80.6 Å². The number of ether oxygens (including phenoxy) is 3. The summed E-state index contributed by atoms with van der Waals surface area (Å²) in [6.07, 6.45) is 38.2. The van der Waals surface area contributed by atoms with Gasteiger partial charge in [-0.1, -0.05) is 161 Å². The van der Waals surface area contributed by atoms with E-state index in [1.165, 1.54) is 122 Å². The molecule has 53 heavy (non-hydrogen) atoms. The van der Waals surface area contributed by atoms with Crippen LogP contribution in [0.3, 0.4) is 0 Å². The molecule has 0 aromatic carbocycles. The lowest BCUT2D eigenvalue weighted by atomic mass is 10.0. The van der Waals surface area contributed by atoms with Crippen LogP contribution in [0, 0.1) is 0 Å². The number of unbranched alkanes of at least 4 members (excludes halogenated alkanes) is 24. The molecule has 312 valence electrons. The summed E-state index contributed by atoms with van der Waals surface area (Å²) in [4.78, 5) is 36.9. The second-order valence-electron chi connectivity index (χ2n) is 16.3. The zero-order valence-corrected chi connectivity index (χ0v) is 35.5. The summed E-state index contributed by atoms with van der Waals surface area (Å²) >= 11 is 0. The van der Waals surface area contributed by atoms with Gasteiger partial charge < -0.3 is 23.8 Å². The van der Waals surface area contributed by atoms with Crippen LogP contribution < -0.4 is 0 Å². The van der Waals surface area contributed by atoms with E-state index in [-0.39, 0.29) is 36.2 Å². The van der Waals surface area contributed by atoms with E-state index in [0.717, 1.165) is 51.4 Å². The molecule has 0 rings (SSSR count). The Morgan fingerprint density at radius 3 is 1.40 bits per heavy atom. The van der Waals surface area contributed by atoms with Crippen LogP contribution in [0.4, 0.5) is 0 Å². The number of carboxylic acids is 1. The Morgan fingerprint density at radius 1 is 0.547 bits per heavy atom. The smallest absolute Gasteiger partial charge is 0.362 e. The molecule has 0 aromatic heterocycles. The summed E-state index contributed by atoms with van der Waals surface area (Å²) in [5, 5.41) is 9.61. The second-order valence-corrected chi connectivity index (χ2v) is 16.3. The van der Waals surface area contributed by atoms with E-state index >= 15 is 0 Å². The number of quaternary nitrogens is 1. The number of hydrogen-bond acceptors (Lipinski definition) is 6. The van der Waals surface area contributed by atoms with Crippen LogP contribution in [0.5, 0.6) is 0 Å². The van der Waals surface area contributed by atoms with Crippen molar-refractivity contribution in [1.29, 1.82) is 0 Å². The van der Waals surface area contributed by atoms with E-state index in [4.69, 9.17) is 14.2 Å². The number of esters is 2. The average Bonchev–Trinajstić information content (AvgIpc) is 3.11. The van der Waals surface area contributed by atoms with Gasteiger partial charge in [0.25, 0.3) is 0 Å². The van der Waals surface area contributed by atoms with Crippen molar-refractivity contribution < 1.29 is 38.2 Å². The Hall–Kier alpha value is -1.93. The molecule has 0 bridgehead atoms. The summed E-state index contributed by atoms with van der Waals surface area (Å²) < 4.78 is 17.3. The minimum atomic E-state index is -0.874. The van der Waals surface area contributed by atoms with Gasteiger partial charge in [0, 0.05) is 19.3 Å². The fourth-order valence-electron chi connectivity index (χ4n) is 6.67. The van der Waals surface area contributed by atoms with Crippen molar-refractivity contribution in [2.24, 2.45) is 0 Å². The standard InChI is InChI=1S/C45H85NO7/c1-6-8-10-12-14-16-18-20-21-22-23-24-26-27-29-31-33-35-43(47)52-40-41(39-51-38-37-42(45(49)50)46(3,4)5)53-44(48)36-34-32-30-28-25-19-17-15-13-11-9-7-2/h15,17,41-42H,6-14,16,18-40H2,1-5H3/p+1/b17-15+. The van der Waals surface area contributed by atoms with E-state index in [2.05, 4.69) is 26.0 Å². The SMILES string of the molecule is CCCCC/C=C/CCCCCCCC(=O)OC(COCCC(C(=O)O)[N+](C)(C)C)COC(=O)CCCCCCCCCCCCCCCCCCC. The average molecular weight is 753 g/mol. The van der Waals surface area contributed by atoms with Crippen LogP contribution in [0.25, 0.3) is 0 Å². The highest BCUT2D eigenvalue weighted by Crippen LogP contribution is 2.15. The van der Waals surface area contributed by atoms with Gasteiger partial charge in [-0.05, 0) is 38.5 Å². The first kappa shape index (κ1) is 51.1. The first-order valence-corrected chi connectivity index (χ1v) is 22.2. The molecular weight excluding hydrogens is 666 g/mol. The highest BCUT2D eigenvalue weighted by molar-refractivity contribution is 5.72. The number of carboxylic acid groups (broad SMARTS) is 1. The fourth-order valence-corrected chi connectivity index (χ4v) is 6.67. The monoisotopic (exact) mass is 753 g/mol. The van der Waals surface area contributed by atoms with Gasteiger partial charge in [-0.2, -0.15) is 0 Å². The van der Waals surface area contributed by atoms with Gasteiger partial charge >= 0.3 is 17.9 Å². The van der Waals surface area contributed by atoms with Gasteiger partial charge in [0.05, 0.1) is 34.4 Å². The summed E-state index contributed by atoms with van der Waals surface area (Å²) in [6, 6.07) is -0.611. The largest absolute Gasteiger partial charge is 0.477 e. The van der Waals surface area contributed by atoms with Crippen molar-refractivity contribution >= 4 is 17.9 Å². The predicted molar refractivity (Wildman–Crippen MR) is 220 cm³/mol. The minimum Gasteiger partial charge on any atom is -0.477 e. The molecule has 0 saturated carbocycles. The van der Waals surface area contributed by atoms with Crippen LogP contribution in [-0.2, 0) is 28.6 Å². The maximum absolute atomic E-state index is 12.7. The van der Waals surface area contributed by atoms with E-state index in [1.54, 1.807) is 0 Å². The second kappa shape index (κ2) is 37.0. The molecule has 0 aliphatic carbocycles. The Bertz CT molecular complexity index is 885. The molecule has 1 N–H and O–H groups in total. The first-order valence-electron chi connectivity index (χ1n) is 22.2. The molecule has 0 radical (unpaired) electrons. The molecule has 0 amide bonds. The Labute approximate surface area is 327 Å². The van der Waals surface area contributed by atoms with Gasteiger partial charge in [0.15, 0.2) is 12.1 Å². The highest BCUT2D eigenvalue weighted by Gasteiger charge is 2.31. The van der Waals surface area contributed by atoms with Crippen molar-refractivity contribution in [2.45, 2.75) is 219 Å². The van der Waals surface area contributed by atoms with Gasteiger partial charge in [0.2, 0.25) is 0 Å². The molecule has 0 aliphatic rings. The molecule has 0 heterocycles. The third kappa shape index (κ3) is 35.5. The summed E-state index contributed by atoms with van der Waals surface area (Å²) in [6.45, 7) is 4.73. The number of rotatable bonds is 40. The number of nitrogens with zero attached hydrogens (tertiary/aromatic N) is 1. The van der Waals surface area contributed by atoms with Crippen LogP contribution >= 0.6 is 0 Å². The van der Waals surface area contributed by atoms with Crippen molar-refractivity contribution in [3.05, 3.63) is 12.2 Å².